The molecule has 4 N–H and O–H groups in total. The summed E-state index contributed by atoms with van der Waals surface area (Å²) in [6, 6.07) is 6.36. The van der Waals surface area contributed by atoms with Gasteiger partial charge in [0.05, 0.1) is 36.3 Å². The van der Waals surface area contributed by atoms with Crippen molar-refractivity contribution in [3.05, 3.63) is 29.0 Å². The molecular formula is C21H30ClN3O6P2. The lowest BCUT2D eigenvalue weighted by atomic mass is 9.93. The van der Waals surface area contributed by atoms with Crippen LogP contribution in [0.15, 0.2) is 18.2 Å². The lowest BCUT2D eigenvalue weighted by Gasteiger charge is -2.28. The van der Waals surface area contributed by atoms with Crippen molar-refractivity contribution in [2.75, 3.05) is 24.9 Å². The van der Waals surface area contributed by atoms with E-state index in [0.717, 1.165) is 60.8 Å². The van der Waals surface area contributed by atoms with Crippen LogP contribution in [-0.2, 0) is 14.0 Å². The van der Waals surface area contributed by atoms with E-state index in [9.17, 15) is 4.89 Å². The minimum absolute atomic E-state index is 0.102. The molecule has 2 aliphatic rings. The molecule has 33 heavy (non-hydrogen) atoms. The van der Waals surface area contributed by atoms with E-state index in [-0.39, 0.29) is 30.0 Å². The first-order chi connectivity index (χ1) is 15.9. The van der Waals surface area contributed by atoms with Gasteiger partial charge in [-0.25, -0.2) is 9.97 Å². The van der Waals surface area contributed by atoms with E-state index < -0.39 is 16.8 Å². The van der Waals surface area contributed by atoms with Crippen molar-refractivity contribution < 1.29 is 28.7 Å². The fraction of sp³-hybridized carbons (Fsp3) is 0.619. The topological polar surface area (TPSA) is 126 Å². The summed E-state index contributed by atoms with van der Waals surface area (Å²) >= 11 is 6.24. The molecule has 182 valence electrons. The molecule has 1 saturated heterocycles. The number of halogens is 1. The summed E-state index contributed by atoms with van der Waals surface area (Å²) in [5, 5.41) is 4.68. The standard InChI is InChI=1S/C21H30ClN3O6P2/c1-29-15-5-3-14(4-6-15)23-20-17-8-2-13(10-18(17)24-21(22)25-20)19-9-7-16(31-19)11-30-33(28)12-32(26)27/h2,8,10,14-16,19,26-28H,3-7,9,11-12H2,1H3,(H,23,24,25)/t14?,15?,16?,19-,33?/m1/s1. The quantitative estimate of drug-likeness (QED) is 0.282. The number of aromatic nitrogens is 2. The zero-order valence-electron chi connectivity index (χ0n) is 18.4. The summed E-state index contributed by atoms with van der Waals surface area (Å²) in [6.45, 7) is 0.225. The van der Waals surface area contributed by atoms with Crippen molar-refractivity contribution in [3.8, 4) is 0 Å². The Hall–Kier alpha value is -0.730. The second-order valence-corrected chi connectivity index (χ2v) is 11.6. The van der Waals surface area contributed by atoms with Crippen molar-refractivity contribution in [2.45, 2.75) is 62.9 Å². The summed E-state index contributed by atoms with van der Waals surface area (Å²) in [6.07, 6.45) is 5.79. The van der Waals surface area contributed by atoms with Crippen LogP contribution in [-0.4, -0.2) is 62.5 Å². The number of methoxy groups -OCH3 is 1. The van der Waals surface area contributed by atoms with Crippen LogP contribution in [0.3, 0.4) is 0 Å². The first kappa shape index (κ1) is 25.4. The normalized spacial score (nSPS) is 26.7. The van der Waals surface area contributed by atoms with E-state index >= 15 is 0 Å². The van der Waals surface area contributed by atoms with Crippen LogP contribution >= 0.6 is 28.4 Å². The van der Waals surface area contributed by atoms with E-state index in [1.54, 1.807) is 7.11 Å². The summed E-state index contributed by atoms with van der Waals surface area (Å²) in [5.74, 6) is 0.621. The highest BCUT2D eigenvalue weighted by Crippen LogP contribution is 2.45. The van der Waals surface area contributed by atoms with Crippen LogP contribution in [0.2, 0.25) is 5.28 Å². The molecule has 2 aromatic rings. The smallest absolute Gasteiger partial charge is 0.224 e. The Balaban J connectivity index is 1.40. The van der Waals surface area contributed by atoms with E-state index in [1.165, 1.54) is 0 Å². The molecule has 1 aromatic carbocycles. The molecular weight excluding hydrogens is 488 g/mol. The molecule has 1 aliphatic heterocycles. The molecule has 0 spiro atoms. The predicted octanol–water partition coefficient (Wildman–Crippen LogP) is 4.45. The van der Waals surface area contributed by atoms with Gasteiger partial charge in [-0.3, -0.25) is 0 Å². The van der Waals surface area contributed by atoms with Crippen LogP contribution in [0, 0.1) is 0 Å². The summed E-state index contributed by atoms with van der Waals surface area (Å²) < 4.78 is 16.9. The molecule has 2 heterocycles. The Morgan fingerprint density at radius 2 is 1.91 bits per heavy atom. The Labute approximate surface area is 200 Å². The predicted molar refractivity (Wildman–Crippen MR) is 129 cm³/mol. The molecule has 2 unspecified atom stereocenters. The maximum atomic E-state index is 9.72. The molecule has 3 atom stereocenters. The SMILES string of the molecule is COC1CCC(Nc2nc(Cl)nc3cc([C@H]4CCC(COP(O)CP(O)O)O4)ccc23)CC1. The van der Waals surface area contributed by atoms with Crippen LogP contribution in [0.25, 0.3) is 10.9 Å². The molecule has 12 heteroatoms. The van der Waals surface area contributed by atoms with Crippen molar-refractivity contribution in [2.24, 2.45) is 0 Å². The van der Waals surface area contributed by atoms with Gasteiger partial charge in [0, 0.05) is 18.5 Å². The van der Waals surface area contributed by atoms with E-state index in [0.29, 0.717) is 12.1 Å². The zero-order chi connectivity index (χ0) is 23.4. The number of rotatable bonds is 9. The average molecular weight is 518 g/mol. The van der Waals surface area contributed by atoms with Gasteiger partial charge in [-0.15, -0.1) is 0 Å². The highest BCUT2D eigenvalue weighted by Gasteiger charge is 2.28. The zero-order valence-corrected chi connectivity index (χ0v) is 21.0. The Morgan fingerprint density at radius 3 is 2.64 bits per heavy atom. The van der Waals surface area contributed by atoms with Crippen LogP contribution in [0.5, 0.6) is 0 Å². The van der Waals surface area contributed by atoms with Gasteiger partial charge in [-0.1, -0.05) is 6.07 Å². The number of nitrogens with zero attached hydrogens (tertiary/aromatic N) is 2. The fourth-order valence-corrected chi connectivity index (χ4v) is 6.16. The molecule has 0 bridgehead atoms. The molecule has 1 aromatic heterocycles. The number of hydrogen-bond donors (Lipinski definition) is 4. The fourth-order valence-electron chi connectivity index (χ4n) is 4.46. The van der Waals surface area contributed by atoms with Crippen molar-refractivity contribution in [3.63, 3.8) is 0 Å². The van der Waals surface area contributed by atoms with Crippen molar-refractivity contribution in [1.29, 1.82) is 0 Å². The average Bonchev–Trinajstić information content (AvgIpc) is 3.26. The second kappa shape index (κ2) is 11.8. The highest BCUT2D eigenvalue weighted by molar-refractivity contribution is 7.63. The summed E-state index contributed by atoms with van der Waals surface area (Å²) in [5.41, 5.74) is 1.77. The maximum absolute atomic E-state index is 9.72. The Kier molecular flexibility index (Phi) is 9.07. The third-order valence-corrected chi connectivity index (χ3v) is 8.77. The van der Waals surface area contributed by atoms with Gasteiger partial charge in [0.1, 0.15) is 5.82 Å². The maximum Gasteiger partial charge on any atom is 0.224 e. The van der Waals surface area contributed by atoms with E-state index in [1.807, 2.05) is 18.2 Å². The van der Waals surface area contributed by atoms with Crippen LogP contribution < -0.4 is 5.32 Å². The molecule has 1 aliphatic carbocycles. The second-order valence-electron chi connectivity index (χ2n) is 8.46. The third kappa shape index (κ3) is 6.91. The summed E-state index contributed by atoms with van der Waals surface area (Å²) in [7, 11) is -2.24. The minimum atomic E-state index is -2.16. The van der Waals surface area contributed by atoms with Gasteiger partial charge in [-0.05, 0) is 67.8 Å². The van der Waals surface area contributed by atoms with Crippen LogP contribution in [0.4, 0.5) is 5.82 Å². The molecule has 0 radical (unpaired) electrons. The lowest BCUT2D eigenvalue weighted by molar-refractivity contribution is 0.0178. The van der Waals surface area contributed by atoms with Crippen LogP contribution in [0.1, 0.15) is 50.2 Å². The molecule has 9 nitrogen and oxygen atoms in total. The minimum Gasteiger partial charge on any atom is -0.381 e. The van der Waals surface area contributed by atoms with E-state index in [4.69, 9.17) is 35.4 Å². The monoisotopic (exact) mass is 517 g/mol. The molecule has 2 fully saturated rings. The first-order valence-corrected chi connectivity index (χ1v) is 14.3. The van der Waals surface area contributed by atoms with Gasteiger partial charge in [0.25, 0.3) is 0 Å². The number of fused-ring (bicyclic) bond motifs is 1. The van der Waals surface area contributed by atoms with Gasteiger partial charge >= 0.3 is 0 Å². The van der Waals surface area contributed by atoms with Crippen molar-refractivity contribution >= 4 is 45.1 Å². The van der Waals surface area contributed by atoms with Gasteiger partial charge in [-0.2, -0.15) is 0 Å². The van der Waals surface area contributed by atoms with Gasteiger partial charge in [0.15, 0.2) is 16.8 Å². The largest absolute Gasteiger partial charge is 0.381 e. The van der Waals surface area contributed by atoms with E-state index in [2.05, 4.69) is 15.3 Å². The molecule has 4 rings (SSSR count). The number of hydrogen-bond acceptors (Lipinski definition) is 9. The Morgan fingerprint density at radius 1 is 1.12 bits per heavy atom. The highest BCUT2D eigenvalue weighted by atomic mass is 35.5. The third-order valence-electron chi connectivity index (χ3n) is 6.18. The summed E-state index contributed by atoms with van der Waals surface area (Å²) in [4.78, 5) is 36.6. The number of nitrogens with one attached hydrogen (secondary N) is 1. The Bertz CT molecular complexity index is 934. The molecule has 0 amide bonds. The number of ether oxygens (including phenoxy) is 2. The molecule has 1 saturated carbocycles. The van der Waals surface area contributed by atoms with Gasteiger partial charge in [0.2, 0.25) is 5.28 Å². The lowest BCUT2D eigenvalue weighted by Crippen LogP contribution is -2.29. The number of anilines is 1. The van der Waals surface area contributed by atoms with Crippen molar-refractivity contribution in [1.82, 2.24) is 9.97 Å². The number of benzene rings is 1. The first-order valence-electron chi connectivity index (χ1n) is 11.1. The van der Waals surface area contributed by atoms with Gasteiger partial charge < -0.3 is 34.0 Å².